The van der Waals surface area contributed by atoms with Crippen molar-refractivity contribution in [1.29, 1.82) is 0 Å². The van der Waals surface area contributed by atoms with Gasteiger partial charge in [0.15, 0.2) is 18.9 Å². The number of hydrogen-bond acceptors (Lipinski definition) is 18. The summed E-state index contributed by atoms with van der Waals surface area (Å²) < 4.78 is 34.3. The molecule has 0 aromatic rings. The first-order chi connectivity index (χ1) is 39.8. The van der Waals surface area contributed by atoms with Gasteiger partial charge in [-0.05, 0) is 44.9 Å². The number of allylic oxidation sites excluding steroid dienone is 5. The van der Waals surface area contributed by atoms with E-state index in [1.807, 2.05) is 6.08 Å². The number of hydrogen-bond donors (Lipinski definition) is 12. The number of aliphatic hydroxyl groups is 11. The maximum absolute atomic E-state index is 13.3. The van der Waals surface area contributed by atoms with E-state index >= 15 is 0 Å². The Morgan fingerprint density at radius 1 is 0.439 bits per heavy atom. The molecule has 1 amide bonds. The van der Waals surface area contributed by atoms with E-state index < -0.39 is 124 Å². The van der Waals surface area contributed by atoms with Crippen LogP contribution in [0.15, 0.2) is 36.5 Å². The molecule has 3 rings (SSSR count). The number of unbranched alkanes of at least 4 members (excludes halogenated alkanes) is 28. The molecule has 3 aliphatic heterocycles. The Morgan fingerprint density at radius 2 is 0.817 bits per heavy atom. The van der Waals surface area contributed by atoms with Crippen LogP contribution in [0, 0.1) is 0 Å². The second kappa shape index (κ2) is 46.2. The van der Waals surface area contributed by atoms with Crippen molar-refractivity contribution in [2.75, 3.05) is 26.4 Å². The van der Waals surface area contributed by atoms with Gasteiger partial charge in [-0.1, -0.05) is 211 Å². The van der Waals surface area contributed by atoms with Gasteiger partial charge in [-0.25, -0.2) is 0 Å². The predicted molar refractivity (Wildman–Crippen MR) is 314 cm³/mol. The van der Waals surface area contributed by atoms with Crippen molar-refractivity contribution in [2.24, 2.45) is 0 Å². The fourth-order valence-electron chi connectivity index (χ4n) is 10.9. The zero-order chi connectivity index (χ0) is 59.7. The van der Waals surface area contributed by atoms with Crippen LogP contribution in [-0.4, -0.2) is 193 Å². The zero-order valence-electron chi connectivity index (χ0n) is 50.2. The molecule has 0 aromatic carbocycles. The molecule has 19 nitrogen and oxygen atoms in total. The smallest absolute Gasteiger partial charge is 0.220 e. The molecule has 17 atom stereocenters. The molecule has 82 heavy (non-hydrogen) atoms. The molecule has 3 saturated heterocycles. The molecule has 0 spiro atoms. The second-order valence-electron chi connectivity index (χ2n) is 23.2. The van der Waals surface area contributed by atoms with E-state index in [0.29, 0.717) is 6.42 Å². The summed E-state index contributed by atoms with van der Waals surface area (Å²) in [7, 11) is 0. The number of carbonyl (C=O) groups is 1. The van der Waals surface area contributed by atoms with Crippen molar-refractivity contribution in [2.45, 2.75) is 330 Å². The summed E-state index contributed by atoms with van der Waals surface area (Å²) >= 11 is 0. The van der Waals surface area contributed by atoms with Gasteiger partial charge in [0.1, 0.15) is 73.2 Å². The molecule has 0 bridgehead atoms. The second-order valence-corrected chi connectivity index (χ2v) is 23.2. The third-order valence-electron chi connectivity index (χ3n) is 16.2. The van der Waals surface area contributed by atoms with Crippen molar-refractivity contribution in [3.8, 4) is 0 Å². The number of rotatable bonds is 48. The van der Waals surface area contributed by atoms with Crippen LogP contribution in [0.1, 0.15) is 226 Å². The van der Waals surface area contributed by atoms with Crippen LogP contribution >= 0.6 is 0 Å². The molecule has 0 aromatic heterocycles. The van der Waals surface area contributed by atoms with Gasteiger partial charge in [-0.2, -0.15) is 0 Å². The Morgan fingerprint density at radius 3 is 1.28 bits per heavy atom. The number of nitrogens with one attached hydrogen (secondary N) is 1. The highest BCUT2D eigenvalue weighted by molar-refractivity contribution is 5.76. The van der Waals surface area contributed by atoms with E-state index in [-0.39, 0.29) is 18.9 Å². The lowest BCUT2D eigenvalue weighted by Gasteiger charge is -2.48. The summed E-state index contributed by atoms with van der Waals surface area (Å²) in [6, 6.07) is -0.980. The number of aliphatic hydroxyl groups excluding tert-OH is 11. The van der Waals surface area contributed by atoms with Gasteiger partial charge < -0.3 is 89.9 Å². The molecule has 0 saturated carbocycles. The lowest BCUT2D eigenvalue weighted by molar-refractivity contribution is -0.379. The Kier molecular flexibility index (Phi) is 41.8. The summed E-state index contributed by atoms with van der Waals surface area (Å²) in [5, 5.41) is 120. The Balaban J connectivity index is 1.47. The van der Waals surface area contributed by atoms with E-state index in [4.69, 9.17) is 28.4 Å². The molecule has 19 heteroatoms. The lowest BCUT2D eigenvalue weighted by atomic mass is 9.96. The SMILES string of the molecule is CCCC/C=C\C/C=C\CCCCCCCC(=O)NC(COC1OC(CO)C(OC2OC(CO)C(OC3OC(CO)C(O)C(O)C3O)C(O)C2O)C(O)C1O)C(O)/C=C/CCCCCCCCCCCCCCCCCCCCCCC. The molecule has 0 aliphatic carbocycles. The average molecular weight is 1170 g/mol. The monoisotopic (exact) mass is 1170 g/mol. The quantitative estimate of drug-likeness (QED) is 0.0218. The summed E-state index contributed by atoms with van der Waals surface area (Å²) in [6.45, 7) is 1.68. The summed E-state index contributed by atoms with van der Waals surface area (Å²) in [6.07, 6.45) is 24.1. The van der Waals surface area contributed by atoms with Crippen molar-refractivity contribution in [3.63, 3.8) is 0 Å². The van der Waals surface area contributed by atoms with Crippen molar-refractivity contribution in [3.05, 3.63) is 36.5 Å². The van der Waals surface area contributed by atoms with Crippen LogP contribution in [-0.2, 0) is 33.2 Å². The van der Waals surface area contributed by atoms with Crippen LogP contribution in [0.2, 0.25) is 0 Å². The Labute approximate surface area is 491 Å². The van der Waals surface area contributed by atoms with E-state index in [1.165, 1.54) is 128 Å². The van der Waals surface area contributed by atoms with E-state index in [1.54, 1.807) is 6.08 Å². The molecule has 480 valence electrons. The molecular formula is C63H115NO18. The van der Waals surface area contributed by atoms with Crippen molar-refractivity contribution >= 4 is 5.91 Å². The number of amides is 1. The van der Waals surface area contributed by atoms with Crippen molar-refractivity contribution in [1.82, 2.24) is 5.32 Å². The summed E-state index contributed by atoms with van der Waals surface area (Å²) in [5.41, 5.74) is 0. The minimum Gasteiger partial charge on any atom is -0.394 e. The summed E-state index contributed by atoms with van der Waals surface area (Å²) in [4.78, 5) is 13.3. The first-order valence-electron chi connectivity index (χ1n) is 32.2. The molecule has 3 fully saturated rings. The first-order valence-corrected chi connectivity index (χ1v) is 32.2. The van der Waals surface area contributed by atoms with Crippen LogP contribution < -0.4 is 5.32 Å². The van der Waals surface area contributed by atoms with Gasteiger partial charge >= 0.3 is 0 Å². The molecule has 3 aliphatic rings. The molecule has 0 radical (unpaired) electrons. The fraction of sp³-hybridized carbons (Fsp3) is 0.889. The van der Waals surface area contributed by atoms with E-state index in [2.05, 4.69) is 43.5 Å². The predicted octanol–water partition coefficient (Wildman–Crippen LogP) is 6.88. The maximum atomic E-state index is 13.3. The van der Waals surface area contributed by atoms with Crippen molar-refractivity contribution < 1.29 is 89.4 Å². The van der Waals surface area contributed by atoms with Gasteiger partial charge in [-0.3, -0.25) is 4.79 Å². The summed E-state index contributed by atoms with van der Waals surface area (Å²) in [5.74, 6) is -0.289. The minimum absolute atomic E-state index is 0.227. The van der Waals surface area contributed by atoms with E-state index in [9.17, 15) is 61.0 Å². The standard InChI is InChI=1S/C63H115NO18/c1-3-5-7-9-11-13-15-17-19-20-21-22-23-24-25-26-27-28-30-32-34-36-38-40-47(68)46(64-51(69)41-39-37-35-33-31-29-18-16-14-12-10-8-6-4-2)45-77-61-57(75)54(72)59(49(43-66)79-61)82-63-58(76)55(73)60(50(44-67)80-63)81-62-56(74)53(71)52(70)48(42-65)78-62/h10,12,16,18,38,40,46-50,52-63,65-68,70-76H,3-9,11,13-15,17,19-37,39,41-45H2,1-2H3,(H,64,69)/b12-10-,18-16-,40-38+. The molecule has 12 N–H and O–H groups in total. The van der Waals surface area contributed by atoms with Gasteiger partial charge in [0, 0.05) is 6.42 Å². The zero-order valence-corrected chi connectivity index (χ0v) is 50.2. The normalized spacial score (nSPS) is 29.8. The van der Waals surface area contributed by atoms with Gasteiger partial charge in [0.2, 0.25) is 5.91 Å². The van der Waals surface area contributed by atoms with E-state index in [0.717, 1.165) is 70.6 Å². The van der Waals surface area contributed by atoms with Crippen LogP contribution in [0.3, 0.4) is 0 Å². The molecule has 3 heterocycles. The highest BCUT2D eigenvalue weighted by Gasteiger charge is 2.53. The lowest BCUT2D eigenvalue weighted by Crippen LogP contribution is -2.66. The van der Waals surface area contributed by atoms with Crippen LogP contribution in [0.4, 0.5) is 0 Å². The largest absolute Gasteiger partial charge is 0.394 e. The Hall–Kier alpha value is -1.99. The minimum atomic E-state index is -1.98. The Bertz CT molecular complexity index is 1640. The van der Waals surface area contributed by atoms with Gasteiger partial charge in [0.05, 0.1) is 38.6 Å². The average Bonchev–Trinajstić information content (AvgIpc) is 3.21. The maximum Gasteiger partial charge on any atom is 0.220 e. The third-order valence-corrected chi connectivity index (χ3v) is 16.2. The first kappa shape index (κ1) is 74.3. The molecular weight excluding hydrogens is 1060 g/mol. The van der Waals surface area contributed by atoms with Gasteiger partial charge in [-0.15, -0.1) is 0 Å². The van der Waals surface area contributed by atoms with Crippen LogP contribution in [0.25, 0.3) is 0 Å². The highest BCUT2D eigenvalue weighted by Crippen LogP contribution is 2.33. The number of ether oxygens (including phenoxy) is 6. The van der Waals surface area contributed by atoms with Gasteiger partial charge in [0.25, 0.3) is 0 Å². The number of carbonyl (C=O) groups excluding carboxylic acids is 1. The highest BCUT2D eigenvalue weighted by atomic mass is 16.8. The fourth-order valence-corrected chi connectivity index (χ4v) is 10.9. The molecule has 17 unspecified atom stereocenters. The topological polar surface area (TPSA) is 307 Å². The third kappa shape index (κ3) is 29.1. The van der Waals surface area contributed by atoms with Crippen LogP contribution in [0.5, 0.6) is 0 Å².